The lowest BCUT2D eigenvalue weighted by Crippen LogP contribution is -1.98. The molecule has 0 saturated carbocycles. The van der Waals surface area contributed by atoms with E-state index in [0.717, 1.165) is 24.4 Å². The van der Waals surface area contributed by atoms with E-state index in [9.17, 15) is 0 Å². The molecule has 0 spiro atoms. The van der Waals surface area contributed by atoms with E-state index in [-0.39, 0.29) is 0 Å². The molecule has 3 nitrogen and oxygen atoms in total. The van der Waals surface area contributed by atoms with Crippen molar-refractivity contribution in [1.82, 2.24) is 9.38 Å². The summed E-state index contributed by atoms with van der Waals surface area (Å²) in [6.45, 7) is 0.788. The number of hydrogen-bond donors (Lipinski definition) is 1. The Labute approximate surface area is 93.7 Å². The minimum atomic E-state index is 0.788. The maximum absolute atomic E-state index is 5.46. The largest absolute Gasteiger partial charge is 0.330 e. The van der Waals surface area contributed by atoms with Crippen molar-refractivity contribution in [3.05, 3.63) is 30.6 Å². The number of thioether (sulfide) groups is 1. The van der Waals surface area contributed by atoms with Crippen molar-refractivity contribution >= 4 is 17.4 Å². The van der Waals surface area contributed by atoms with Crippen LogP contribution in [-0.2, 0) is 0 Å². The molecule has 80 valence electrons. The van der Waals surface area contributed by atoms with Gasteiger partial charge < -0.3 is 5.73 Å². The van der Waals surface area contributed by atoms with Crippen LogP contribution in [0.4, 0.5) is 0 Å². The van der Waals surface area contributed by atoms with Gasteiger partial charge in [-0.3, -0.25) is 4.40 Å². The van der Waals surface area contributed by atoms with E-state index < -0.39 is 0 Å². The van der Waals surface area contributed by atoms with Gasteiger partial charge in [-0.2, -0.15) is 0 Å². The number of hydrogen-bond acceptors (Lipinski definition) is 3. The van der Waals surface area contributed by atoms with Crippen LogP contribution in [-0.4, -0.2) is 21.7 Å². The number of nitrogens with zero attached hydrogens (tertiary/aromatic N) is 2. The van der Waals surface area contributed by atoms with Crippen molar-refractivity contribution < 1.29 is 0 Å². The molecule has 2 rings (SSSR count). The van der Waals surface area contributed by atoms with Crippen LogP contribution in [0.25, 0.3) is 5.65 Å². The van der Waals surface area contributed by atoms with Gasteiger partial charge in [-0.1, -0.05) is 6.07 Å². The smallest absolute Gasteiger partial charge is 0.137 e. The van der Waals surface area contributed by atoms with Crippen molar-refractivity contribution in [2.45, 2.75) is 17.9 Å². The van der Waals surface area contributed by atoms with Gasteiger partial charge in [0.1, 0.15) is 5.65 Å². The zero-order valence-corrected chi connectivity index (χ0v) is 9.41. The summed E-state index contributed by atoms with van der Waals surface area (Å²) in [5.74, 6) is 1.12. The van der Waals surface area contributed by atoms with Crippen molar-refractivity contribution in [2.75, 3.05) is 12.3 Å². The molecule has 0 aliphatic heterocycles. The van der Waals surface area contributed by atoms with Crippen molar-refractivity contribution in [3.63, 3.8) is 0 Å². The van der Waals surface area contributed by atoms with Crippen molar-refractivity contribution in [2.24, 2.45) is 5.73 Å². The summed E-state index contributed by atoms with van der Waals surface area (Å²) in [5, 5.41) is 1.25. The molecule has 4 heteroatoms. The number of imidazole rings is 1. The first-order valence-corrected chi connectivity index (χ1v) is 6.15. The maximum atomic E-state index is 5.46. The molecular weight excluding hydrogens is 206 g/mol. The molecular formula is C11H15N3S. The molecule has 0 unspecified atom stereocenters. The highest BCUT2D eigenvalue weighted by molar-refractivity contribution is 7.99. The fourth-order valence-electron chi connectivity index (χ4n) is 1.46. The quantitative estimate of drug-likeness (QED) is 0.621. The van der Waals surface area contributed by atoms with E-state index >= 15 is 0 Å². The second-order valence-corrected chi connectivity index (χ2v) is 4.48. The average molecular weight is 221 g/mol. The van der Waals surface area contributed by atoms with Crippen LogP contribution in [0.1, 0.15) is 12.8 Å². The fourth-order valence-corrected chi connectivity index (χ4v) is 2.49. The monoisotopic (exact) mass is 221 g/mol. The lowest BCUT2D eigenvalue weighted by atomic mass is 10.3. The van der Waals surface area contributed by atoms with Gasteiger partial charge in [0.05, 0.1) is 5.03 Å². The molecule has 0 amide bonds. The highest BCUT2D eigenvalue weighted by Gasteiger charge is 2.00. The molecule has 0 aromatic carbocycles. The Morgan fingerprint density at radius 3 is 3.13 bits per heavy atom. The SMILES string of the molecule is NCCCCSc1cccc2nccn12. The van der Waals surface area contributed by atoms with Gasteiger partial charge in [0, 0.05) is 12.4 Å². The van der Waals surface area contributed by atoms with Crippen LogP contribution in [0.2, 0.25) is 0 Å². The fraction of sp³-hybridized carbons (Fsp3) is 0.364. The Bertz CT molecular complexity index is 424. The molecule has 2 aromatic heterocycles. The summed E-state index contributed by atoms with van der Waals surface area (Å²) in [6.07, 6.45) is 6.11. The molecule has 0 bridgehead atoms. The summed E-state index contributed by atoms with van der Waals surface area (Å²) in [6, 6.07) is 6.19. The summed E-state index contributed by atoms with van der Waals surface area (Å²) in [7, 11) is 0. The maximum Gasteiger partial charge on any atom is 0.137 e. The number of nitrogens with two attached hydrogens (primary N) is 1. The zero-order chi connectivity index (χ0) is 10.5. The summed E-state index contributed by atoms with van der Waals surface area (Å²) in [4.78, 5) is 4.25. The third kappa shape index (κ3) is 2.52. The van der Waals surface area contributed by atoms with Crippen molar-refractivity contribution in [1.29, 1.82) is 0 Å². The van der Waals surface area contributed by atoms with Crippen LogP contribution in [0, 0.1) is 0 Å². The van der Waals surface area contributed by atoms with E-state index in [1.807, 2.05) is 36.3 Å². The van der Waals surface area contributed by atoms with Crippen LogP contribution in [0.5, 0.6) is 0 Å². The third-order valence-corrected chi connectivity index (χ3v) is 3.36. The van der Waals surface area contributed by atoms with E-state index in [2.05, 4.69) is 15.5 Å². The second kappa shape index (κ2) is 5.19. The Balaban J connectivity index is 2.04. The third-order valence-electron chi connectivity index (χ3n) is 2.24. The molecule has 0 aliphatic rings. The summed E-state index contributed by atoms with van der Waals surface area (Å²) >= 11 is 1.86. The molecule has 0 saturated heterocycles. The minimum absolute atomic E-state index is 0.788. The first kappa shape index (κ1) is 10.5. The summed E-state index contributed by atoms with van der Waals surface area (Å²) < 4.78 is 2.12. The molecule has 0 aliphatic carbocycles. The lowest BCUT2D eigenvalue weighted by Gasteiger charge is -2.04. The topological polar surface area (TPSA) is 43.3 Å². The van der Waals surface area contributed by atoms with Crippen LogP contribution in [0.15, 0.2) is 35.6 Å². The van der Waals surface area contributed by atoms with Gasteiger partial charge in [-0.25, -0.2) is 4.98 Å². The predicted octanol–water partition coefficient (Wildman–Crippen LogP) is 2.17. The van der Waals surface area contributed by atoms with Gasteiger partial charge in [-0.15, -0.1) is 11.8 Å². The Morgan fingerprint density at radius 2 is 2.27 bits per heavy atom. The molecule has 0 atom stereocenters. The molecule has 15 heavy (non-hydrogen) atoms. The Morgan fingerprint density at radius 1 is 1.33 bits per heavy atom. The van der Waals surface area contributed by atoms with Gasteiger partial charge in [0.15, 0.2) is 0 Å². The van der Waals surface area contributed by atoms with Gasteiger partial charge in [-0.05, 0) is 37.3 Å². The molecule has 2 heterocycles. The minimum Gasteiger partial charge on any atom is -0.330 e. The molecule has 0 radical (unpaired) electrons. The van der Waals surface area contributed by atoms with E-state index in [4.69, 9.17) is 5.73 Å². The highest BCUT2D eigenvalue weighted by Crippen LogP contribution is 2.20. The number of aromatic nitrogens is 2. The van der Waals surface area contributed by atoms with Crippen molar-refractivity contribution in [3.8, 4) is 0 Å². The van der Waals surface area contributed by atoms with Gasteiger partial charge in [0.25, 0.3) is 0 Å². The molecule has 2 N–H and O–H groups in total. The number of rotatable bonds is 5. The zero-order valence-electron chi connectivity index (χ0n) is 8.60. The Hall–Kier alpha value is -1.00. The lowest BCUT2D eigenvalue weighted by molar-refractivity contribution is 0.813. The Kier molecular flexibility index (Phi) is 3.64. The number of unbranched alkanes of at least 4 members (excludes halogenated alkanes) is 1. The van der Waals surface area contributed by atoms with Gasteiger partial charge in [0.2, 0.25) is 0 Å². The normalized spacial score (nSPS) is 11.0. The number of pyridine rings is 1. The van der Waals surface area contributed by atoms with E-state index in [0.29, 0.717) is 0 Å². The molecule has 2 aromatic rings. The molecule has 0 fully saturated rings. The van der Waals surface area contributed by atoms with Crippen LogP contribution in [0.3, 0.4) is 0 Å². The average Bonchev–Trinajstić information content (AvgIpc) is 2.73. The predicted molar refractivity (Wildman–Crippen MR) is 64.2 cm³/mol. The van der Waals surface area contributed by atoms with Crippen LogP contribution < -0.4 is 5.73 Å². The first-order chi connectivity index (χ1) is 7.42. The first-order valence-electron chi connectivity index (χ1n) is 5.17. The standard InChI is InChI=1S/C11H15N3S/c12-6-1-2-9-15-11-5-3-4-10-13-7-8-14(10)11/h3-5,7-8H,1-2,6,9,12H2. The highest BCUT2D eigenvalue weighted by atomic mass is 32.2. The van der Waals surface area contributed by atoms with Crippen LogP contribution >= 0.6 is 11.8 Å². The number of fused-ring (bicyclic) bond motifs is 1. The second-order valence-electron chi connectivity index (χ2n) is 3.36. The summed E-state index contributed by atoms with van der Waals surface area (Å²) in [5.41, 5.74) is 6.47. The van der Waals surface area contributed by atoms with E-state index in [1.165, 1.54) is 11.4 Å². The van der Waals surface area contributed by atoms with Gasteiger partial charge >= 0.3 is 0 Å². The van der Waals surface area contributed by atoms with E-state index in [1.54, 1.807) is 0 Å².